The number of benzene rings is 2. The second-order valence-corrected chi connectivity index (χ2v) is 5.63. The van der Waals surface area contributed by atoms with Gasteiger partial charge in [0.2, 0.25) is 0 Å². The molecule has 0 aliphatic heterocycles. The van der Waals surface area contributed by atoms with Crippen LogP contribution >= 0.6 is 22.6 Å². The van der Waals surface area contributed by atoms with Crippen molar-refractivity contribution in [2.75, 3.05) is 4.43 Å². The maximum Gasteiger partial charge on any atom is 0.0922 e. The molecule has 0 spiro atoms. The molecule has 2 unspecified atom stereocenters. The Morgan fingerprint density at radius 3 is 2.32 bits per heavy atom. The first-order chi connectivity index (χ1) is 9.20. The lowest BCUT2D eigenvalue weighted by Crippen LogP contribution is -2.09. The lowest BCUT2D eigenvalue weighted by Gasteiger charge is -2.22. The van der Waals surface area contributed by atoms with Crippen molar-refractivity contribution in [1.82, 2.24) is 0 Å². The highest BCUT2D eigenvalue weighted by Gasteiger charge is 2.15. The molecule has 1 nitrogen and oxygen atoms in total. The van der Waals surface area contributed by atoms with Crippen LogP contribution in [0.15, 0.2) is 54.6 Å². The van der Waals surface area contributed by atoms with Crippen LogP contribution in [0.5, 0.6) is 0 Å². The van der Waals surface area contributed by atoms with E-state index in [9.17, 15) is 0 Å². The van der Waals surface area contributed by atoms with E-state index in [0.29, 0.717) is 0 Å². The molecule has 0 heterocycles. The van der Waals surface area contributed by atoms with Gasteiger partial charge < -0.3 is 4.74 Å². The largest absolute Gasteiger partial charge is 0.365 e. The van der Waals surface area contributed by atoms with Crippen molar-refractivity contribution in [3.63, 3.8) is 0 Å². The molecule has 0 aliphatic rings. The van der Waals surface area contributed by atoms with Gasteiger partial charge in [-0.3, -0.25) is 0 Å². The maximum absolute atomic E-state index is 6.22. The Morgan fingerprint density at radius 2 is 1.68 bits per heavy atom. The average molecular weight is 366 g/mol. The highest BCUT2D eigenvalue weighted by Crippen LogP contribution is 2.28. The van der Waals surface area contributed by atoms with Crippen LogP contribution in [0.1, 0.15) is 35.8 Å². The average Bonchev–Trinajstić information content (AvgIpc) is 2.45. The Balaban J connectivity index is 2.11. The summed E-state index contributed by atoms with van der Waals surface area (Å²) in [4.78, 5) is 0. The minimum Gasteiger partial charge on any atom is -0.365 e. The second-order valence-electron chi connectivity index (χ2n) is 4.75. The van der Waals surface area contributed by atoms with Crippen LogP contribution in [-0.4, -0.2) is 4.43 Å². The number of hydrogen-bond donors (Lipinski definition) is 0. The molecule has 0 amide bonds. The first kappa shape index (κ1) is 14.5. The third-order valence-electron chi connectivity index (χ3n) is 3.19. The van der Waals surface area contributed by atoms with Gasteiger partial charge in [0.25, 0.3) is 0 Å². The summed E-state index contributed by atoms with van der Waals surface area (Å²) in [6, 6.07) is 19.0. The molecule has 0 aromatic heterocycles. The molecule has 100 valence electrons. The molecule has 0 aliphatic carbocycles. The molecule has 0 fully saturated rings. The zero-order valence-electron chi connectivity index (χ0n) is 11.3. The number of hydrogen-bond acceptors (Lipinski definition) is 1. The molecule has 19 heavy (non-hydrogen) atoms. The SMILES string of the molecule is Cc1cccc(C(CI)OC(C)c2ccccc2)c1. The van der Waals surface area contributed by atoms with Crippen LogP contribution in [0.4, 0.5) is 0 Å². The number of aryl methyl sites for hydroxylation is 1. The van der Waals surface area contributed by atoms with E-state index in [1.54, 1.807) is 0 Å². The Labute approximate surface area is 129 Å². The topological polar surface area (TPSA) is 9.23 Å². The normalized spacial score (nSPS) is 14.1. The van der Waals surface area contributed by atoms with E-state index in [1.807, 2.05) is 6.07 Å². The molecule has 0 radical (unpaired) electrons. The Hall–Kier alpha value is -0.870. The van der Waals surface area contributed by atoms with E-state index in [0.717, 1.165) is 4.43 Å². The molecular formula is C17H19IO. The monoisotopic (exact) mass is 366 g/mol. The minimum atomic E-state index is 0.112. The number of ether oxygens (including phenoxy) is 1. The quantitative estimate of drug-likeness (QED) is 0.519. The maximum atomic E-state index is 6.22. The molecule has 0 saturated heterocycles. The standard InChI is InChI=1S/C17H19IO/c1-13-7-6-10-16(11-13)17(12-18)19-14(2)15-8-4-3-5-9-15/h3-11,14,17H,12H2,1-2H3. The van der Waals surface area contributed by atoms with E-state index < -0.39 is 0 Å². The van der Waals surface area contributed by atoms with E-state index in [1.165, 1.54) is 16.7 Å². The van der Waals surface area contributed by atoms with Crippen molar-refractivity contribution in [1.29, 1.82) is 0 Å². The summed E-state index contributed by atoms with van der Waals surface area (Å²) in [7, 11) is 0. The van der Waals surface area contributed by atoms with Gasteiger partial charge in [-0.1, -0.05) is 82.8 Å². The lowest BCUT2D eigenvalue weighted by atomic mass is 10.1. The molecule has 2 heteroatoms. The molecule has 0 bridgehead atoms. The van der Waals surface area contributed by atoms with Gasteiger partial charge in [-0.2, -0.15) is 0 Å². The van der Waals surface area contributed by atoms with Crippen LogP contribution < -0.4 is 0 Å². The summed E-state index contributed by atoms with van der Waals surface area (Å²) in [5, 5.41) is 0. The summed E-state index contributed by atoms with van der Waals surface area (Å²) in [5.41, 5.74) is 3.77. The zero-order valence-corrected chi connectivity index (χ0v) is 13.5. The number of halogens is 1. The van der Waals surface area contributed by atoms with Gasteiger partial charge in [0, 0.05) is 4.43 Å². The summed E-state index contributed by atoms with van der Waals surface area (Å²) >= 11 is 2.39. The van der Waals surface area contributed by atoms with Gasteiger partial charge in [0.15, 0.2) is 0 Å². The van der Waals surface area contributed by atoms with Crippen molar-refractivity contribution < 1.29 is 4.74 Å². The van der Waals surface area contributed by atoms with Crippen molar-refractivity contribution in [2.24, 2.45) is 0 Å². The third-order valence-corrected chi connectivity index (χ3v) is 3.99. The Bertz CT molecular complexity index is 510. The van der Waals surface area contributed by atoms with Crippen molar-refractivity contribution in [2.45, 2.75) is 26.1 Å². The van der Waals surface area contributed by atoms with Gasteiger partial charge >= 0.3 is 0 Å². The minimum absolute atomic E-state index is 0.112. The van der Waals surface area contributed by atoms with Gasteiger partial charge in [-0.15, -0.1) is 0 Å². The van der Waals surface area contributed by atoms with Crippen LogP contribution in [0.2, 0.25) is 0 Å². The predicted molar refractivity (Wildman–Crippen MR) is 88.7 cm³/mol. The Morgan fingerprint density at radius 1 is 1.00 bits per heavy atom. The first-order valence-corrected chi connectivity index (χ1v) is 8.06. The van der Waals surface area contributed by atoms with E-state index >= 15 is 0 Å². The van der Waals surface area contributed by atoms with Gasteiger partial charge in [0.1, 0.15) is 0 Å². The van der Waals surface area contributed by atoms with E-state index in [4.69, 9.17) is 4.74 Å². The smallest absolute Gasteiger partial charge is 0.0922 e. The highest BCUT2D eigenvalue weighted by molar-refractivity contribution is 14.1. The van der Waals surface area contributed by atoms with Gasteiger partial charge in [0.05, 0.1) is 12.2 Å². The molecular weight excluding hydrogens is 347 g/mol. The number of alkyl halides is 1. The molecule has 2 aromatic rings. The zero-order chi connectivity index (χ0) is 13.7. The van der Waals surface area contributed by atoms with Gasteiger partial charge in [-0.05, 0) is 25.0 Å². The third kappa shape index (κ3) is 4.05. The van der Waals surface area contributed by atoms with Crippen LogP contribution in [0.25, 0.3) is 0 Å². The van der Waals surface area contributed by atoms with Crippen molar-refractivity contribution >= 4 is 22.6 Å². The Kier molecular flexibility index (Phi) is 5.40. The van der Waals surface area contributed by atoms with Crippen LogP contribution in [-0.2, 0) is 4.74 Å². The van der Waals surface area contributed by atoms with E-state index in [2.05, 4.69) is 85.0 Å². The molecule has 2 aromatic carbocycles. The predicted octanol–water partition coefficient (Wildman–Crippen LogP) is 5.25. The fourth-order valence-electron chi connectivity index (χ4n) is 2.12. The van der Waals surface area contributed by atoms with Crippen LogP contribution in [0, 0.1) is 6.92 Å². The second kappa shape index (κ2) is 7.06. The molecule has 0 N–H and O–H groups in total. The fraction of sp³-hybridized carbons (Fsp3) is 0.294. The summed E-state index contributed by atoms with van der Waals surface area (Å²) < 4.78 is 7.18. The summed E-state index contributed by atoms with van der Waals surface area (Å²) in [5.74, 6) is 0. The summed E-state index contributed by atoms with van der Waals surface area (Å²) in [6.07, 6.45) is 0.261. The highest BCUT2D eigenvalue weighted by atomic mass is 127. The number of rotatable bonds is 5. The molecule has 0 saturated carbocycles. The molecule has 2 rings (SSSR count). The van der Waals surface area contributed by atoms with Gasteiger partial charge in [-0.25, -0.2) is 0 Å². The van der Waals surface area contributed by atoms with Crippen molar-refractivity contribution in [3.05, 3.63) is 71.3 Å². The lowest BCUT2D eigenvalue weighted by molar-refractivity contribution is 0.0102. The first-order valence-electron chi connectivity index (χ1n) is 6.53. The fourth-order valence-corrected chi connectivity index (χ4v) is 2.84. The molecule has 2 atom stereocenters. The van der Waals surface area contributed by atoms with E-state index in [-0.39, 0.29) is 12.2 Å². The van der Waals surface area contributed by atoms with Crippen molar-refractivity contribution in [3.8, 4) is 0 Å². The summed E-state index contributed by atoms with van der Waals surface area (Å²) in [6.45, 7) is 4.23. The van der Waals surface area contributed by atoms with Crippen LogP contribution in [0.3, 0.4) is 0 Å².